The van der Waals surface area contributed by atoms with Crippen molar-refractivity contribution in [2.75, 3.05) is 0 Å². The number of aromatic hydroxyl groups is 1. The van der Waals surface area contributed by atoms with Crippen LogP contribution in [0.5, 0.6) is 5.75 Å². The van der Waals surface area contributed by atoms with E-state index in [1.165, 1.54) is 30.3 Å². The van der Waals surface area contributed by atoms with E-state index in [4.69, 9.17) is 0 Å². The quantitative estimate of drug-likeness (QED) is 0.506. The molecule has 5 heteroatoms. The summed E-state index contributed by atoms with van der Waals surface area (Å²) in [6.07, 6.45) is 5.99. The van der Waals surface area contributed by atoms with E-state index in [9.17, 15) is 9.90 Å². The average molecular weight is 333 g/mol. The molecular formula is C20H19N3O2. The summed E-state index contributed by atoms with van der Waals surface area (Å²) in [6.45, 7) is 0. The van der Waals surface area contributed by atoms with Gasteiger partial charge in [0.25, 0.3) is 5.91 Å². The second-order valence-electron chi connectivity index (χ2n) is 6.31. The van der Waals surface area contributed by atoms with Crippen LogP contribution in [0, 0.1) is 0 Å². The molecule has 0 saturated heterocycles. The molecular weight excluding hydrogens is 314 g/mol. The number of rotatable bonds is 3. The molecule has 1 heterocycles. The van der Waals surface area contributed by atoms with Crippen LogP contribution in [0.4, 0.5) is 0 Å². The van der Waals surface area contributed by atoms with Crippen LogP contribution in [0.2, 0.25) is 0 Å². The van der Waals surface area contributed by atoms with E-state index in [1.54, 1.807) is 30.3 Å². The Labute approximate surface area is 145 Å². The number of carbonyl (C=O) groups excluding carboxylic acids is 1. The lowest BCUT2D eigenvalue weighted by Gasteiger charge is -2.10. The number of hydrazone groups is 1. The number of hydrogen-bond acceptors (Lipinski definition) is 3. The third-order valence-electron chi connectivity index (χ3n) is 4.67. The minimum atomic E-state index is -0.265. The third-order valence-corrected chi connectivity index (χ3v) is 4.67. The van der Waals surface area contributed by atoms with Crippen molar-refractivity contribution in [1.29, 1.82) is 0 Å². The van der Waals surface area contributed by atoms with Crippen molar-refractivity contribution in [3.63, 3.8) is 0 Å². The largest absolute Gasteiger partial charge is 0.507 e. The molecule has 0 spiro atoms. The number of fused-ring (bicyclic) bond motifs is 3. The first-order valence-electron chi connectivity index (χ1n) is 8.47. The minimum absolute atomic E-state index is 0.126. The van der Waals surface area contributed by atoms with Gasteiger partial charge in [0.1, 0.15) is 5.75 Å². The predicted molar refractivity (Wildman–Crippen MR) is 98.1 cm³/mol. The van der Waals surface area contributed by atoms with Crippen LogP contribution in [0.25, 0.3) is 10.9 Å². The second-order valence-corrected chi connectivity index (χ2v) is 6.31. The number of aromatic amines is 1. The van der Waals surface area contributed by atoms with Crippen LogP contribution in [-0.2, 0) is 12.8 Å². The highest BCUT2D eigenvalue weighted by Gasteiger charge is 2.16. The highest BCUT2D eigenvalue weighted by Crippen LogP contribution is 2.29. The van der Waals surface area contributed by atoms with E-state index < -0.39 is 0 Å². The summed E-state index contributed by atoms with van der Waals surface area (Å²) in [4.78, 5) is 15.8. The van der Waals surface area contributed by atoms with Crippen molar-refractivity contribution < 1.29 is 9.90 Å². The average Bonchev–Trinajstić information content (AvgIpc) is 3.01. The number of amides is 1. The summed E-state index contributed by atoms with van der Waals surface area (Å²) in [5.74, 6) is -0.139. The van der Waals surface area contributed by atoms with Crippen LogP contribution in [0.15, 0.2) is 47.6 Å². The molecule has 0 saturated carbocycles. The Morgan fingerprint density at radius 1 is 1.16 bits per heavy atom. The van der Waals surface area contributed by atoms with E-state index in [1.807, 2.05) is 12.1 Å². The molecule has 1 amide bonds. The number of nitrogens with zero attached hydrogens (tertiary/aromatic N) is 1. The molecule has 2 aromatic carbocycles. The highest BCUT2D eigenvalue weighted by molar-refractivity contribution is 5.99. The Hall–Kier alpha value is -3.08. The third kappa shape index (κ3) is 3.01. The van der Waals surface area contributed by atoms with Crippen molar-refractivity contribution >= 4 is 23.0 Å². The van der Waals surface area contributed by atoms with Gasteiger partial charge in [0.05, 0.1) is 6.21 Å². The van der Waals surface area contributed by atoms with Gasteiger partial charge in [-0.15, -0.1) is 0 Å². The van der Waals surface area contributed by atoms with Gasteiger partial charge in [0.15, 0.2) is 0 Å². The first kappa shape index (κ1) is 15.4. The van der Waals surface area contributed by atoms with Crippen molar-refractivity contribution in [2.24, 2.45) is 5.10 Å². The molecule has 1 aliphatic rings. The van der Waals surface area contributed by atoms with E-state index in [-0.39, 0.29) is 11.7 Å². The lowest BCUT2D eigenvalue weighted by Crippen LogP contribution is -2.17. The molecule has 0 bridgehead atoms. The monoisotopic (exact) mass is 333 g/mol. The molecule has 0 radical (unpaired) electrons. The maximum absolute atomic E-state index is 12.4. The summed E-state index contributed by atoms with van der Waals surface area (Å²) in [5, 5.41) is 14.8. The molecule has 126 valence electrons. The topological polar surface area (TPSA) is 77.5 Å². The number of hydrogen-bond donors (Lipinski definition) is 3. The zero-order valence-electron chi connectivity index (χ0n) is 13.7. The van der Waals surface area contributed by atoms with Gasteiger partial charge in [-0.2, -0.15) is 5.10 Å². The van der Waals surface area contributed by atoms with E-state index in [2.05, 4.69) is 15.5 Å². The molecule has 3 aromatic rings. The molecule has 3 N–H and O–H groups in total. The number of para-hydroxylation sites is 1. The van der Waals surface area contributed by atoms with Gasteiger partial charge in [0, 0.05) is 27.7 Å². The molecule has 5 nitrogen and oxygen atoms in total. The van der Waals surface area contributed by atoms with Gasteiger partial charge >= 0.3 is 0 Å². The summed E-state index contributed by atoms with van der Waals surface area (Å²) in [7, 11) is 0. The van der Waals surface area contributed by atoms with Gasteiger partial charge < -0.3 is 10.1 Å². The fourth-order valence-corrected chi connectivity index (χ4v) is 3.37. The van der Waals surface area contributed by atoms with Crippen molar-refractivity contribution in [1.82, 2.24) is 10.4 Å². The van der Waals surface area contributed by atoms with E-state index >= 15 is 0 Å². The van der Waals surface area contributed by atoms with Crippen molar-refractivity contribution in [3.8, 4) is 5.75 Å². The maximum Gasteiger partial charge on any atom is 0.271 e. The smallest absolute Gasteiger partial charge is 0.271 e. The Morgan fingerprint density at radius 2 is 2.00 bits per heavy atom. The Morgan fingerprint density at radius 3 is 2.88 bits per heavy atom. The predicted octanol–water partition coefficient (Wildman–Crippen LogP) is 3.52. The number of nitrogens with one attached hydrogen (secondary N) is 2. The van der Waals surface area contributed by atoms with Crippen LogP contribution in [-0.4, -0.2) is 22.2 Å². The van der Waals surface area contributed by atoms with Gasteiger partial charge in [0.2, 0.25) is 0 Å². The van der Waals surface area contributed by atoms with Crippen molar-refractivity contribution in [2.45, 2.75) is 25.7 Å². The lowest BCUT2D eigenvalue weighted by molar-refractivity contribution is 0.0955. The van der Waals surface area contributed by atoms with Crippen LogP contribution in [0.3, 0.4) is 0 Å². The first-order valence-corrected chi connectivity index (χ1v) is 8.47. The number of phenols is 1. The summed E-state index contributed by atoms with van der Waals surface area (Å²) >= 11 is 0. The summed E-state index contributed by atoms with van der Waals surface area (Å²) in [6, 6.07) is 12.5. The fourth-order valence-electron chi connectivity index (χ4n) is 3.37. The number of benzene rings is 2. The van der Waals surface area contributed by atoms with Crippen LogP contribution < -0.4 is 5.43 Å². The lowest BCUT2D eigenvalue weighted by atomic mass is 9.95. The normalized spacial score (nSPS) is 13.9. The molecule has 1 aliphatic carbocycles. The molecule has 0 fully saturated rings. The van der Waals surface area contributed by atoms with Crippen LogP contribution in [0.1, 0.15) is 40.0 Å². The minimum Gasteiger partial charge on any atom is -0.507 e. The van der Waals surface area contributed by atoms with E-state index in [0.29, 0.717) is 11.1 Å². The molecule has 0 atom stereocenters. The number of aryl methyl sites for hydroxylation is 2. The second kappa shape index (κ2) is 6.43. The first-order chi connectivity index (χ1) is 12.2. The molecule has 4 rings (SSSR count). The summed E-state index contributed by atoms with van der Waals surface area (Å²) in [5.41, 5.74) is 7.38. The Bertz CT molecular complexity index is 972. The van der Waals surface area contributed by atoms with Gasteiger partial charge in [-0.3, -0.25) is 4.79 Å². The Kier molecular flexibility index (Phi) is 3.98. The molecule has 1 aromatic heterocycles. The van der Waals surface area contributed by atoms with Gasteiger partial charge in [-0.05, 0) is 61.6 Å². The maximum atomic E-state index is 12.4. The van der Waals surface area contributed by atoms with Crippen molar-refractivity contribution in [3.05, 3.63) is 64.8 Å². The highest BCUT2D eigenvalue weighted by atomic mass is 16.3. The number of H-pyrrole nitrogens is 1. The zero-order valence-corrected chi connectivity index (χ0v) is 13.7. The van der Waals surface area contributed by atoms with Gasteiger partial charge in [-0.1, -0.05) is 12.1 Å². The zero-order chi connectivity index (χ0) is 17.2. The van der Waals surface area contributed by atoms with E-state index in [0.717, 1.165) is 23.7 Å². The molecule has 25 heavy (non-hydrogen) atoms. The molecule has 0 unspecified atom stereocenters. The number of carbonyl (C=O) groups is 1. The van der Waals surface area contributed by atoms with Gasteiger partial charge in [-0.25, -0.2) is 5.43 Å². The standard InChI is InChI=1S/C20H19N3O2/c24-19-8-4-1-5-14(19)12-21-23-20(25)13-9-10-18-16(11-13)15-6-2-3-7-17(15)22-18/h1,4-5,8-12,22,24H,2-3,6-7H2,(H,23,25)/b21-12+. The number of aromatic nitrogens is 1. The fraction of sp³-hybridized carbons (Fsp3) is 0.200. The summed E-state index contributed by atoms with van der Waals surface area (Å²) < 4.78 is 0. The molecule has 0 aliphatic heterocycles. The van der Waals surface area contributed by atoms with Crippen LogP contribution >= 0.6 is 0 Å². The number of phenolic OH excluding ortho intramolecular Hbond substituents is 1. The Balaban J connectivity index is 1.55. The SMILES string of the molecule is O=C(N/N=C/c1ccccc1O)c1ccc2[nH]c3c(c2c1)CCCC3.